The zero-order valence-electron chi connectivity index (χ0n) is 5.93. The second kappa shape index (κ2) is 7.23. The molecule has 0 saturated carbocycles. The van der Waals surface area contributed by atoms with Crippen LogP contribution in [0.5, 0.6) is 0 Å². The molecule has 1 heteroatoms. The molecular formula is C8H13N. The largest absolute Gasteiger partial charge is 0.298 e. The smallest absolute Gasteiger partial charge is 0.0385 e. The molecule has 0 amide bonds. The quantitative estimate of drug-likeness (QED) is 0.307. The van der Waals surface area contributed by atoms with Crippen molar-refractivity contribution in [3.63, 3.8) is 0 Å². The zero-order chi connectivity index (χ0) is 6.95. The Hall–Kier alpha value is -0.770. The van der Waals surface area contributed by atoms with Crippen LogP contribution in [0.1, 0.15) is 26.2 Å². The average Bonchev–Trinajstić information content (AvgIpc) is 1.89. The Bertz CT molecular complexity index is 108. The minimum atomic E-state index is 0.888. The molecule has 0 N–H and O–H groups in total. The monoisotopic (exact) mass is 123 g/mol. The molecule has 0 aliphatic rings. The van der Waals surface area contributed by atoms with Crippen LogP contribution in [0.25, 0.3) is 0 Å². The van der Waals surface area contributed by atoms with E-state index in [1.165, 1.54) is 0 Å². The van der Waals surface area contributed by atoms with Crippen LogP contribution in [0.15, 0.2) is 4.99 Å². The molecular weight excluding hydrogens is 110 g/mol. The molecule has 0 rings (SSSR count). The number of rotatable bonds is 4. The zero-order valence-corrected chi connectivity index (χ0v) is 5.93. The predicted molar refractivity (Wildman–Crippen MR) is 41.7 cm³/mol. The van der Waals surface area contributed by atoms with Crippen molar-refractivity contribution >= 4 is 6.21 Å². The van der Waals surface area contributed by atoms with Gasteiger partial charge in [-0.3, -0.25) is 4.99 Å². The van der Waals surface area contributed by atoms with E-state index in [1.807, 2.05) is 13.1 Å². The number of hydrogen-bond donors (Lipinski definition) is 0. The maximum atomic E-state index is 5.05. The van der Waals surface area contributed by atoms with Crippen LogP contribution in [0, 0.1) is 12.3 Å². The van der Waals surface area contributed by atoms with E-state index in [0.717, 1.165) is 25.8 Å². The highest BCUT2D eigenvalue weighted by atomic mass is 14.7. The van der Waals surface area contributed by atoms with Gasteiger partial charge in [-0.15, -0.1) is 12.3 Å². The van der Waals surface area contributed by atoms with Gasteiger partial charge in [-0.2, -0.15) is 0 Å². The number of terminal acetylenes is 1. The molecule has 0 aromatic heterocycles. The number of nitrogens with zero attached hydrogens (tertiary/aromatic N) is 1. The summed E-state index contributed by atoms with van der Waals surface area (Å²) in [5.74, 6) is 2.59. The lowest BCUT2D eigenvalue weighted by Gasteiger charge is -1.89. The van der Waals surface area contributed by atoms with Crippen LogP contribution in [-0.2, 0) is 0 Å². The predicted octanol–water partition coefficient (Wildman–Crippen LogP) is 1.88. The van der Waals surface area contributed by atoms with Gasteiger partial charge in [0.15, 0.2) is 0 Å². The van der Waals surface area contributed by atoms with Crippen molar-refractivity contribution in [3.8, 4) is 12.3 Å². The van der Waals surface area contributed by atoms with Gasteiger partial charge in [0, 0.05) is 13.0 Å². The first kappa shape index (κ1) is 8.23. The Balaban J connectivity index is 2.85. The van der Waals surface area contributed by atoms with Crippen LogP contribution >= 0.6 is 0 Å². The second-order valence-electron chi connectivity index (χ2n) is 1.83. The van der Waals surface area contributed by atoms with E-state index in [9.17, 15) is 0 Å². The highest BCUT2D eigenvalue weighted by Crippen LogP contribution is 1.92. The van der Waals surface area contributed by atoms with Gasteiger partial charge in [-0.05, 0) is 26.0 Å². The van der Waals surface area contributed by atoms with Gasteiger partial charge in [0.2, 0.25) is 0 Å². The first-order chi connectivity index (χ1) is 4.41. The van der Waals surface area contributed by atoms with Gasteiger partial charge in [-0.1, -0.05) is 0 Å². The van der Waals surface area contributed by atoms with Crippen molar-refractivity contribution in [1.82, 2.24) is 0 Å². The van der Waals surface area contributed by atoms with E-state index >= 15 is 0 Å². The van der Waals surface area contributed by atoms with E-state index in [4.69, 9.17) is 6.42 Å². The SMILES string of the molecule is C#CCCCCN=CC. The molecule has 0 aromatic carbocycles. The van der Waals surface area contributed by atoms with E-state index < -0.39 is 0 Å². The Labute approximate surface area is 57.2 Å². The van der Waals surface area contributed by atoms with Crippen molar-refractivity contribution in [2.45, 2.75) is 26.2 Å². The standard InChI is InChI=1S/C8H13N/c1-3-5-6-7-8-9-4-2/h1,4H,5-8H2,2H3. The third-order valence-electron chi connectivity index (χ3n) is 1.04. The van der Waals surface area contributed by atoms with Gasteiger partial charge >= 0.3 is 0 Å². The number of unbranched alkanes of at least 4 members (excludes halogenated alkanes) is 2. The molecule has 0 fully saturated rings. The highest BCUT2D eigenvalue weighted by Gasteiger charge is 1.80. The summed E-state index contributed by atoms with van der Waals surface area (Å²) < 4.78 is 0. The average molecular weight is 123 g/mol. The van der Waals surface area contributed by atoms with Gasteiger partial charge in [0.25, 0.3) is 0 Å². The summed E-state index contributed by atoms with van der Waals surface area (Å²) in [6, 6.07) is 0. The topological polar surface area (TPSA) is 12.4 Å². The van der Waals surface area contributed by atoms with E-state index in [1.54, 1.807) is 0 Å². The van der Waals surface area contributed by atoms with E-state index in [2.05, 4.69) is 10.9 Å². The van der Waals surface area contributed by atoms with Crippen LogP contribution in [0.3, 0.4) is 0 Å². The Morgan fingerprint density at radius 3 is 2.89 bits per heavy atom. The summed E-state index contributed by atoms with van der Waals surface area (Å²) in [5, 5.41) is 0. The molecule has 0 heterocycles. The van der Waals surface area contributed by atoms with Crippen LogP contribution in [0.4, 0.5) is 0 Å². The second-order valence-corrected chi connectivity index (χ2v) is 1.83. The Kier molecular flexibility index (Phi) is 6.61. The molecule has 0 aromatic rings. The third kappa shape index (κ3) is 7.23. The first-order valence-corrected chi connectivity index (χ1v) is 3.29. The van der Waals surface area contributed by atoms with Crippen molar-refractivity contribution in [1.29, 1.82) is 0 Å². The molecule has 1 nitrogen and oxygen atoms in total. The van der Waals surface area contributed by atoms with Crippen molar-refractivity contribution in [2.24, 2.45) is 4.99 Å². The lowest BCUT2D eigenvalue weighted by atomic mass is 10.2. The first-order valence-electron chi connectivity index (χ1n) is 3.29. The van der Waals surface area contributed by atoms with E-state index in [0.29, 0.717) is 0 Å². The van der Waals surface area contributed by atoms with Gasteiger partial charge in [0.05, 0.1) is 0 Å². The molecule has 0 radical (unpaired) electrons. The number of hydrogen-bond acceptors (Lipinski definition) is 1. The summed E-state index contributed by atoms with van der Waals surface area (Å²) >= 11 is 0. The van der Waals surface area contributed by atoms with Crippen LogP contribution < -0.4 is 0 Å². The van der Waals surface area contributed by atoms with Crippen LogP contribution in [0.2, 0.25) is 0 Å². The lowest BCUT2D eigenvalue weighted by molar-refractivity contribution is 0.770. The molecule has 0 spiro atoms. The summed E-state index contributed by atoms with van der Waals surface area (Å²) in [6.07, 6.45) is 10.00. The third-order valence-corrected chi connectivity index (χ3v) is 1.04. The molecule has 50 valence electrons. The van der Waals surface area contributed by atoms with Gasteiger partial charge in [0.1, 0.15) is 0 Å². The van der Waals surface area contributed by atoms with Crippen molar-refractivity contribution in [3.05, 3.63) is 0 Å². The molecule has 0 aliphatic heterocycles. The molecule has 9 heavy (non-hydrogen) atoms. The minimum Gasteiger partial charge on any atom is -0.298 e. The minimum absolute atomic E-state index is 0.888. The number of aliphatic imine (C=N–C) groups is 1. The maximum Gasteiger partial charge on any atom is 0.0385 e. The molecule has 0 bridgehead atoms. The summed E-state index contributed by atoms with van der Waals surface area (Å²) in [6.45, 7) is 2.86. The van der Waals surface area contributed by atoms with E-state index in [-0.39, 0.29) is 0 Å². The molecule has 0 saturated heterocycles. The highest BCUT2D eigenvalue weighted by molar-refractivity contribution is 5.53. The summed E-state index contributed by atoms with van der Waals surface area (Å²) in [4.78, 5) is 4.05. The molecule has 0 aliphatic carbocycles. The lowest BCUT2D eigenvalue weighted by Crippen LogP contribution is -1.79. The maximum absolute atomic E-state index is 5.05. The molecule has 0 atom stereocenters. The normalized spacial score (nSPS) is 9.78. The Morgan fingerprint density at radius 2 is 2.33 bits per heavy atom. The fourth-order valence-corrected chi connectivity index (χ4v) is 0.559. The fourth-order valence-electron chi connectivity index (χ4n) is 0.559. The van der Waals surface area contributed by atoms with Gasteiger partial charge < -0.3 is 0 Å². The Morgan fingerprint density at radius 1 is 1.56 bits per heavy atom. The van der Waals surface area contributed by atoms with Crippen molar-refractivity contribution < 1.29 is 0 Å². The van der Waals surface area contributed by atoms with Crippen LogP contribution in [-0.4, -0.2) is 12.8 Å². The van der Waals surface area contributed by atoms with Gasteiger partial charge in [-0.25, -0.2) is 0 Å². The molecule has 0 unspecified atom stereocenters. The fraction of sp³-hybridized carbons (Fsp3) is 0.625. The summed E-state index contributed by atoms with van der Waals surface area (Å²) in [7, 11) is 0. The summed E-state index contributed by atoms with van der Waals surface area (Å²) in [5.41, 5.74) is 0. The van der Waals surface area contributed by atoms with Crippen molar-refractivity contribution in [2.75, 3.05) is 6.54 Å².